The van der Waals surface area contributed by atoms with E-state index in [0.717, 1.165) is 6.20 Å². The van der Waals surface area contributed by atoms with Crippen molar-refractivity contribution in [2.24, 2.45) is 5.73 Å². The quantitative estimate of drug-likeness (QED) is 0.798. The number of aromatic nitrogens is 1. The Hall–Kier alpha value is -1.56. The second-order valence-corrected chi connectivity index (χ2v) is 3.67. The fourth-order valence-electron chi connectivity index (χ4n) is 1.23. The van der Waals surface area contributed by atoms with E-state index in [-0.39, 0.29) is 17.1 Å². The summed E-state index contributed by atoms with van der Waals surface area (Å²) in [6.45, 7) is 2.33. The molecule has 0 saturated heterocycles. The molecule has 0 aliphatic carbocycles. The van der Waals surface area contributed by atoms with Gasteiger partial charge in [0.1, 0.15) is 0 Å². The van der Waals surface area contributed by atoms with Gasteiger partial charge in [-0.3, -0.25) is 9.78 Å². The summed E-state index contributed by atoms with van der Waals surface area (Å²) >= 11 is 4.72. The average Bonchev–Trinajstić information content (AvgIpc) is 2.25. The summed E-state index contributed by atoms with van der Waals surface area (Å²) in [7, 11) is 0. The smallest absolute Gasteiger partial charge is 0.257 e. The highest BCUT2D eigenvalue weighted by atomic mass is 32.1. The van der Waals surface area contributed by atoms with Gasteiger partial charge in [0.25, 0.3) is 5.91 Å². The van der Waals surface area contributed by atoms with Crippen molar-refractivity contribution in [3.63, 3.8) is 0 Å². The SMILES string of the molecule is CCN(CC(N)=S)C(=O)c1ccncc1F. The van der Waals surface area contributed by atoms with Crippen molar-refractivity contribution in [3.8, 4) is 0 Å². The molecule has 1 heterocycles. The van der Waals surface area contributed by atoms with Crippen LogP contribution in [0.1, 0.15) is 17.3 Å². The fourth-order valence-corrected chi connectivity index (χ4v) is 1.39. The second kappa shape index (κ2) is 5.50. The van der Waals surface area contributed by atoms with Crippen molar-refractivity contribution in [2.75, 3.05) is 13.1 Å². The van der Waals surface area contributed by atoms with E-state index in [1.807, 2.05) is 0 Å². The van der Waals surface area contributed by atoms with Crippen molar-refractivity contribution in [3.05, 3.63) is 29.8 Å². The molecule has 6 heteroatoms. The number of nitrogens with zero attached hydrogens (tertiary/aromatic N) is 2. The molecule has 1 aromatic heterocycles. The number of hydrogen-bond acceptors (Lipinski definition) is 3. The molecule has 1 rings (SSSR count). The average molecular weight is 241 g/mol. The molecular formula is C10H12FN3OS. The van der Waals surface area contributed by atoms with Gasteiger partial charge in [0.2, 0.25) is 0 Å². The van der Waals surface area contributed by atoms with Crippen molar-refractivity contribution < 1.29 is 9.18 Å². The number of hydrogen-bond donors (Lipinski definition) is 1. The van der Waals surface area contributed by atoms with Crippen LogP contribution >= 0.6 is 12.2 Å². The molecule has 0 aliphatic heterocycles. The molecule has 0 radical (unpaired) electrons. The summed E-state index contributed by atoms with van der Waals surface area (Å²) in [5, 5.41) is 0. The first-order valence-electron chi connectivity index (χ1n) is 4.73. The number of nitrogens with two attached hydrogens (primary N) is 1. The second-order valence-electron chi connectivity index (χ2n) is 3.14. The number of amides is 1. The van der Waals surface area contributed by atoms with Crippen LogP contribution in [0.5, 0.6) is 0 Å². The predicted octanol–water partition coefficient (Wildman–Crippen LogP) is 0.969. The van der Waals surface area contributed by atoms with Gasteiger partial charge in [0, 0.05) is 12.7 Å². The van der Waals surface area contributed by atoms with E-state index in [4.69, 9.17) is 18.0 Å². The van der Waals surface area contributed by atoms with E-state index in [1.54, 1.807) is 6.92 Å². The summed E-state index contributed by atoms with van der Waals surface area (Å²) < 4.78 is 13.3. The minimum absolute atomic E-state index is 0.0203. The highest BCUT2D eigenvalue weighted by Crippen LogP contribution is 2.08. The largest absolute Gasteiger partial charge is 0.392 e. The van der Waals surface area contributed by atoms with Crippen molar-refractivity contribution in [1.82, 2.24) is 9.88 Å². The highest BCUT2D eigenvalue weighted by Gasteiger charge is 2.18. The van der Waals surface area contributed by atoms with Gasteiger partial charge in [-0.1, -0.05) is 12.2 Å². The maximum atomic E-state index is 13.3. The minimum atomic E-state index is -0.645. The van der Waals surface area contributed by atoms with Crippen LogP contribution < -0.4 is 5.73 Å². The van der Waals surface area contributed by atoms with Crippen LogP contribution in [-0.2, 0) is 0 Å². The Kier molecular flexibility index (Phi) is 4.30. The Morgan fingerprint density at radius 3 is 2.88 bits per heavy atom. The maximum absolute atomic E-state index is 13.3. The molecule has 0 spiro atoms. The molecule has 1 amide bonds. The topological polar surface area (TPSA) is 59.2 Å². The van der Waals surface area contributed by atoms with Gasteiger partial charge in [-0.05, 0) is 13.0 Å². The maximum Gasteiger partial charge on any atom is 0.257 e. The zero-order valence-electron chi connectivity index (χ0n) is 8.81. The van der Waals surface area contributed by atoms with Crippen molar-refractivity contribution >= 4 is 23.1 Å². The molecule has 4 nitrogen and oxygen atoms in total. The summed E-state index contributed by atoms with van der Waals surface area (Å²) in [6.07, 6.45) is 2.37. The van der Waals surface area contributed by atoms with E-state index in [1.165, 1.54) is 17.2 Å². The summed E-state index contributed by atoms with van der Waals surface area (Å²) in [6, 6.07) is 1.33. The molecule has 16 heavy (non-hydrogen) atoms. The third-order valence-corrected chi connectivity index (χ3v) is 2.15. The third kappa shape index (κ3) is 2.96. The predicted molar refractivity (Wildman–Crippen MR) is 62.6 cm³/mol. The Morgan fingerprint density at radius 2 is 2.38 bits per heavy atom. The monoisotopic (exact) mass is 241 g/mol. The van der Waals surface area contributed by atoms with Gasteiger partial charge in [0.05, 0.1) is 23.3 Å². The Morgan fingerprint density at radius 1 is 1.69 bits per heavy atom. The van der Waals surface area contributed by atoms with E-state index in [2.05, 4.69) is 4.98 Å². The molecule has 86 valence electrons. The Labute approximate surface area is 98.3 Å². The minimum Gasteiger partial charge on any atom is -0.392 e. The number of halogens is 1. The van der Waals surface area contributed by atoms with Crippen LogP contribution in [0.2, 0.25) is 0 Å². The van der Waals surface area contributed by atoms with Gasteiger partial charge in [-0.2, -0.15) is 0 Å². The van der Waals surface area contributed by atoms with Crippen molar-refractivity contribution in [2.45, 2.75) is 6.92 Å². The first-order valence-corrected chi connectivity index (χ1v) is 5.14. The molecule has 0 aliphatic rings. The first kappa shape index (κ1) is 12.5. The number of likely N-dealkylation sites (N-methyl/N-ethyl adjacent to an activating group) is 1. The molecule has 2 N–H and O–H groups in total. The number of carbonyl (C=O) groups is 1. The van der Waals surface area contributed by atoms with Crippen LogP contribution in [0.4, 0.5) is 4.39 Å². The summed E-state index contributed by atoms with van der Waals surface area (Å²) in [5.41, 5.74) is 5.33. The first-order chi connectivity index (χ1) is 7.56. The molecule has 1 aromatic rings. The molecule has 0 atom stereocenters. The third-order valence-electron chi connectivity index (χ3n) is 2.02. The summed E-state index contributed by atoms with van der Waals surface area (Å²) in [5.74, 6) is -1.08. The van der Waals surface area contributed by atoms with Crippen LogP contribution in [0.15, 0.2) is 18.5 Å². The highest BCUT2D eigenvalue weighted by molar-refractivity contribution is 7.80. The number of pyridine rings is 1. The van der Waals surface area contributed by atoms with Gasteiger partial charge >= 0.3 is 0 Å². The van der Waals surface area contributed by atoms with Crippen molar-refractivity contribution in [1.29, 1.82) is 0 Å². The fraction of sp³-hybridized carbons (Fsp3) is 0.300. The van der Waals surface area contributed by atoms with Crippen LogP contribution in [0, 0.1) is 5.82 Å². The van der Waals surface area contributed by atoms with Gasteiger partial charge in [-0.15, -0.1) is 0 Å². The summed E-state index contributed by atoms with van der Waals surface area (Å²) in [4.78, 5) is 17.0. The van der Waals surface area contributed by atoms with E-state index < -0.39 is 11.7 Å². The lowest BCUT2D eigenvalue weighted by molar-refractivity contribution is 0.0783. The van der Waals surface area contributed by atoms with Crippen LogP contribution in [-0.4, -0.2) is 33.9 Å². The van der Waals surface area contributed by atoms with Gasteiger partial charge < -0.3 is 10.6 Å². The lowest BCUT2D eigenvalue weighted by Crippen LogP contribution is -2.37. The lowest BCUT2D eigenvalue weighted by Gasteiger charge is -2.20. The number of thiocarbonyl (C=S) groups is 1. The molecular weight excluding hydrogens is 229 g/mol. The van der Waals surface area contributed by atoms with Crippen LogP contribution in [0.3, 0.4) is 0 Å². The number of carbonyl (C=O) groups excluding carboxylic acids is 1. The molecule has 0 unspecified atom stereocenters. The lowest BCUT2D eigenvalue weighted by atomic mass is 10.2. The molecule has 0 saturated carbocycles. The molecule has 0 bridgehead atoms. The van der Waals surface area contributed by atoms with Gasteiger partial charge in [0.15, 0.2) is 5.82 Å². The zero-order chi connectivity index (χ0) is 12.1. The van der Waals surface area contributed by atoms with E-state index >= 15 is 0 Å². The standard InChI is InChI=1S/C10H12FN3OS/c1-2-14(6-9(12)16)10(15)7-3-4-13-5-8(7)11/h3-5H,2,6H2,1H3,(H2,12,16). The van der Waals surface area contributed by atoms with Gasteiger partial charge in [-0.25, -0.2) is 4.39 Å². The Bertz CT molecular complexity index is 411. The Balaban J connectivity index is 2.91. The number of rotatable bonds is 4. The normalized spacial score (nSPS) is 9.88. The molecule has 0 fully saturated rings. The molecule has 0 aromatic carbocycles. The van der Waals surface area contributed by atoms with Crippen LogP contribution in [0.25, 0.3) is 0 Å². The van der Waals surface area contributed by atoms with E-state index in [9.17, 15) is 9.18 Å². The van der Waals surface area contributed by atoms with E-state index in [0.29, 0.717) is 6.54 Å². The zero-order valence-corrected chi connectivity index (χ0v) is 9.63.